The molecule has 1 aliphatic heterocycles. The van der Waals surface area contributed by atoms with E-state index in [9.17, 15) is 4.79 Å². The van der Waals surface area contributed by atoms with Crippen LogP contribution >= 0.6 is 0 Å². The maximum Gasteiger partial charge on any atom is 0.307 e. The van der Waals surface area contributed by atoms with Gasteiger partial charge in [0, 0.05) is 12.3 Å². The van der Waals surface area contributed by atoms with Gasteiger partial charge in [0.1, 0.15) is 0 Å². The quantitative estimate of drug-likeness (QED) is 0.858. The highest BCUT2D eigenvalue weighted by Crippen LogP contribution is 2.29. The van der Waals surface area contributed by atoms with Gasteiger partial charge in [-0.15, -0.1) is 0 Å². The van der Waals surface area contributed by atoms with E-state index in [1.807, 2.05) is 44.2 Å². The first kappa shape index (κ1) is 12.6. The fourth-order valence-corrected chi connectivity index (χ4v) is 2.09. The smallest absolute Gasteiger partial charge is 0.307 e. The molecule has 0 bridgehead atoms. The zero-order chi connectivity index (χ0) is 13.2. The van der Waals surface area contributed by atoms with Gasteiger partial charge < -0.3 is 15.2 Å². The third-order valence-corrected chi connectivity index (χ3v) is 2.88. The van der Waals surface area contributed by atoms with Crippen LogP contribution in [0, 0.1) is 0 Å². The molecule has 0 amide bonds. The van der Waals surface area contributed by atoms with E-state index in [0.29, 0.717) is 6.61 Å². The average Bonchev–Trinajstić information content (AvgIpc) is 2.29. The van der Waals surface area contributed by atoms with E-state index in [-0.39, 0.29) is 6.42 Å². The lowest BCUT2D eigenvalue weighted by Crippen LogP contribution is -2.37. The number of nitrogens with one attached hydrogen (secondary N) is 1. The Morgan fingerprint density at radius 1 is 1.50 bits per heavy atom. The largest absolute Gasteiger partial charge is 0.481 e. The Morgan fingerprint density at radius 2 is 2.28 bits per heavy atom. The molecule has 4 nitrogen and oxygen atoms in total. The van der Waals surface area contributed by atoms with Crippen LogP contribution in [0.3, 0.4) is 0 Å². The van der Waals surface area contributed by atoms with Gasteiger partial charge in [-0.05, 0) is 43.2 Å². The van der Waals surface area contributed by atoms with E-state index < -0.39 is 11.7 Å². The van der Waals surface area contributed by atoms with Crippen LogP contribution in [0.5, 0.6) is 0 Å². The molecule has 0 aromatic heterocycles. The molecular formula is C14H17NO3. The first-order chi connectivity index (χ1) is 8.52. The highest BCUT2D eigenvalue weighted by Gasteiger charge is 2.24. The van der Waals surface area contributed by atoms with Crippen LogP contribution in [0.4, 0.5) is 5.69 Å². The number of fused-ring (bicyclic) bond motifs is 1. The van der Waals surface area contributed by atoms with Crippen molar-refractivity contribution in [1.82, 2.24) is 0 Å². The summed E-state index contributed by atoms with van der Waals surface area (Å²) in [5.74, 6) is -0.818. The van der Waals surface area contributed by atoms with Crippen molar-refractivity contribution in [1.29, 1.82) is 0 Å². The molecule has 1 atom stereocenters. The van der Waals surface area contributed by atoms with Crippen LogP contribution in [-0.4, -0.2) is 23.4 Å². The number of benzene rings is 1. The number of carbonyl (C=O) groups is 1. The summed E-state index contributed by atoms with van der Waals surface area (Å²) in [6.07, 6.45) is 3.96. The van der Waals surface area contributed by atoms with E-state index in [4.69, 9.17) is 9.84 Å². The van der Waals surface area contributed by atoms with Crippen molar-refractivity contribution in [3.05, 3.63) is 35.4 Å². The first-order valence-electron chi connectivity index (χ1n) is 5.98. The molecule has 1 unspecified atom stereocenters. The Bertz CT molecular complexity index is 496. The number of hydrogen-bond donors (Lipinski definition) is 2. The van der Waals surface area contributed by atoms with Gasteiger partial charge >= 0.3 is 5.97 Å². The van der Waals surface area contributed by atoms with Crippen molar-refractivity contribution in [3.63, 3.8) is 0 Å². The second kappa shape index (κ2) is 4.82. The van der Waals surface area contributed by atoms with E-state index in [2.05, 4.69) is 5.32 Å². The summed E-state index contributed by atoms with van der Waals surface area (Å²) >= 11 is 0. The topological polar surface area (TPSA) is 58.6 Å². The number of hydrogen-bond acceptors (Lipinski definition) is 3. The van der Waals surface area contributed by atoms with Crippen LogP contribution in [0.25, 0.3) is 6.08 Å². The lowest BCUT2D eigenvalue weighted by Gasteiger charge is -2.32. The minimum absolute atomic E-state index is 0.0455. The molecule has 0 saturated carbocycles. The Balaban J connectivity index is 2.24. The molecule has 0 radical (unpaired) electrons. The van der Waals surface area contributed by atoms with Crippen molar-refractivity contribution in [2.24, 2.45) is 0 Å². The van der Waals surface area contributed by atoms with Crippen LogP contribution in [-0.2, 0) is 16.0 Å². The van der Waals surface area contributed by atoms with E-state index in [0.717, 1.165) is 16.8 Å². The normalized spacial score (nSPS) is 21.2. The van der Waals surface area contributed by atoms with Gasteiger partial charge in [-0.25, -0.2) is 0 Å². The predicted octanol–water partition coefficient (Wildman–Crippen LogP) is 2.51. The molecule has 0 fully saturated rings. The van der Waals surface area contributed by atoms with Crippen molar-refractivity contribution >= 4 is 17.7 Å². The van der Waals surface area contributed by atoms with Gasteiger partial charge in [-0.1, -0.05) is 12.1 Å². The molecule has 0 spiro atoms. The highest BCUT2D eigenvalue weighted by atomic mass is 16.5. The molecular weight excluding hydrogens is 230 g/mol. The van der Waals surface area contributed by atoms with E-state index in [1.165, 1.54) is 0 Å². The second-order valence-corrected chi connectivity index (χ2v) is 4.49. The monoisotopic (exact) mass is 247 g/mol. The number of rotatable bonds is 4. The molecule has 96 valence electrons. The van der Waals surface area contributed by atoms with Crippen LogP contribution < -0.4 is 5.32 Å². The van der Waals surface area contributed by atoms with Gasteiger partial charge in [-0.2, -0.15) is 0 Å². The van der Waals surface area contributed by atoms with Gasteiger partial charge in [0.2, 0.25) is 0 Å². The molecule has 1 aromatic rings. The molecule has 18 heavy (non-hydrogen) atoms. The molecule has 4 heteroatoms. The average molecular weight is 247 g/mol. The Labute approximate surface area is 106 Å². The SMILES string of the molecule is CCOC1(C)C=Cc2cc(CC(=O)O)ccc2N1. The maximum atomic E-state index is 10.7. The molecule has 2 N–H and O–H groups in total. The standard InChI is InChI=1S/C14H17NO3/c1-3-18-14(2)7-6-11-8-10(9-13(16)17)4-5-12(11)15-14/h4-8,15H,3,9H2,1-2H3,(H,16,17). The summed E-state index contributed by atoms with van der Waals surface area (Å²) in [6.45, 7) is 4.54. The Kier molecular flexibility index (Phi) is 3.39. The number of carboxylic acids is 1. The minimum Gasteiger partial charge on any atom is -0.481 e. The summed E-state index contributed by atoms with van der Waals surface area (Å²) in [6, 6.07) is 5.61. The molecule has 0 saturated heterocycles. The van der Waals surface area contributed by atoms with Crippen LogP contribution in [0.1, 0.15) is 25.0 Å². The first-order valence-corrected chi connectivity index (χ1v) is 5.98. The highest BCUT2D eigenvalue weighted by molar-refractivity contribution is 5.75. The number of ether oxygens (including phenoxy) is 1. The fourth-order valence-electron chi connectivity index (χ4n) is 2.09. The van der Waals surface area contributed by atoms with Gasteiger partial charge in [-0.3, -0.25) is 4.79 Å². The summed E-state index contributed by atoms with van der Waals surface area (Å²) < 4.78 is 5.63. The van der Waals surface area contributed by atoms with Crippen LogP contribution in [0.2, 0.25) is 0 Å². The van der Waals surface area contributed by atoms with Crippen molar-refractivity contribution < 1.29 is 14.6 Å². The zero-order valence-corrected chi connectivity index (χ0v) is 10.6. The van der Waals surface area contributed by atoms with Gasteiger partial charge in [0.25, 0.3) is 0 Å². The third-order valence-electron chi connectivity index (χ3n) is 2.88. The summed E-state index contributed by atoms with van der Waals surface area (Å²) in [4.78, 5) is 10.7. The van der Waals surface area contributed by atoms with Crippen molar-refractivity contribution in [3.8, 4) is 0 Å². The second-order valence-electron chi connectivity index (χ2n) is 4.49. The van der Waals surface area contributed by atoms with Crippen LogP contribution in [0.15, 0.2) is 24.3 Å². The molecule has 2 rings (SSSR count). The maximum absolute atomic E-state index is 10.7. The molecule has 0 aliphatic carbocycles. The predicted molar refractivity (Wildman–Crippen MR) is 70.5 cm³/mol. The minimum atomic E-state index is -0.818. The molecule has 1 heterocycles. The fraction of sp³-hybridized carbons (Fsp3) is 0.357. The summed E-state index contributed by atoms with van der Waals surface area (Å²) in [5, 5.41) is 12.1. The van der Waals surface area contributed by atoms with Gasteiger partial charge in [0.05, 0.1) is 6.42 Å². The Morgan fingerprint density at radius 3 is 2.94 bits per heavy atom. The Hall–Kier alpha value is -1.81. The zero-order valence-electron chi connectivity index (χ0n) is 10.6. The van der Waals surface area contributed by atoms with Gasteiger partial charge in [0.15, 0.2) is 5.72 Å². The third kappa shape index (κ3) is 2.71. The number of aliphatic carboxylic acids is 1. The lowest BCUT2D eigenvalue weighted by atomic mass is 10.0. The number of carboxylic acid groups (broad SMARTS) is 1. The molecule has 1 aliphatic rings. The van der Waals surface area contributed by atoms with Crippen molar-refractivity contribution in [2.45, 2.75) is 26.0 Å². The van der Waals surface area contributed by atoms with E-state index >= 15 is 0 Å². The lowest BCUT2D eigenvalue weighted by molar-refractivity contribution is -0.136. The summed E-state index contributed by atoms with van der Waals surface area (Å²) in [7, 11) is 0. The van der Waals surface area contributed by atoms with E-state index in [1.54, 1.807) is 0 Å². The summed E-state index contributed by atoms with van der Waals surface area (Å²) in [5.41, 5.74) is 2.26. The van der Waals surface area contributed by atoms with Crippen molar-refractivity contribution in [2.75, 3.05) is 11.9 Å². The number of anilines is 1. The molecule has 1 aromatic carbocycles.